The van der Waals surface area contributed by atoms with E-state index in [1.165, 1.54) is 0 Å². The third kappa shape index (κ3) is 12.7. The average Bonchev–Trinajstić information content (AvgIpc) is 3.10. The van der Waals surface area contributed by atoms with Crippen LogP contribution in [0.3, 0.4) is 0 Å². The first-order valence-electron chi connectivity index (χ1n) is 18.5. The summed E-state index contributed by atoms with van der Waals surface area (Å²) in [5, 5.41) is 0. The predicted molar refractivity (Wildman–Crippen MR) is 184 cm³/mol. The van der Waals surface area contributed by atoms with Gasteiger partial charge in [0.25, 0.3) is 0 Å². The molecular weight excluding hydrogens is 816 g/mol. The van der Waals surface area contributed by atoms with Crippen molar-refractivity contribution in [3.63, 3.8) is 0 Å². The highest BCUT2D eigenvalue weighted by atomic mass is 16.8. The molecule has 336 valence electrons. The zero-order valence-corrected chi connectivity index (χ0v) is 34.1. The first-order valence-corrected chi connectivity index (χ1v) is 18.5. The van der Waals surface area contributed by atoms with Crippen molar-refractivity contribution in [3.8, 4) is 0 Å². The van der Waals surface area contributed by atoms with Gasteiger partial charge in [-0.1, -0.05) is 0 Å². The number of hydrogen-bond donors (Lipinski definition) is 0. The van der Waals surface area contributed by atoms with E-state index >= 15 is 0 Å². The molecule has 4 fully saturated rings. The average molecular weight is 865 g/mol. The molecule has 24 heteroatoms. The zero-order chi connectivity index (χ0) is 44.6. The monoisotopic (exact) mass is 864 g/mol. The molecule has 4 heterocycles. The van der Waals surface area contributed by atoms with Crippen LogP contribution in [-0.4, -0.2) is 166 Å². The van der Waals surface area contributed by atoms with E-state index < -0.39 is 166 Å². The van der Waals surface area contributed by atoms with E-state index in [-0.39, 0.29) is 0 Å². The van der Waals surface area contributed by atoms with Crippen molar-refractivity contribution in [2.24, 2.45) is 0 Å². The smallest absolute Gasteiger partial charge is 0.303 e. The van der Waals surface area contributed by atoms with Gasteiger partial charge in [0.15, 0.2) is 73.8 Å². The van der Waals surface area contributed by atoms with Crippen LogP contribution in [-0.2, 0) is 114 Å². The van der Waals surface area contributed by atoms with Crippen molar-refractivity contribution in [2.75, 3.05) is 19.8 Å². The molecule has 0 N–H and O–H groups in total. The van der Waals surface area contributed by atoms with Crippen molar-refractivity contribution in [1.29, 1.82) is 0 Å². The third-order valence-corrected chi connectivity index (χ3v) is 8.77. The Morgan fingerprint density at radius 1 is 0.283 bits per heavy atom. The summed E-state index contributed by atoms with van der Waals surface area (Å²) in [4.78, 5) is 112. The van der Waals surface area contributed by atoms with Crippen LogP contribution in [0.1, 0.15) is 62.3 Å². The summed E-state index contributed by atoms with van der Waals surface area (Å²) in [5.41, 5.74) is 0. The standard InChI is InChI=1S/C36H48O24/c1-13(37)49-25-22-10-46-35-32(56-20(8)44)29(53-17(5)41)27(51-15(3)39)24(59-35)12-48-36-33(57-21(9)45)30(54-18(6)42)26(50-14(2)38)23(60-36)11-47-34(58-22)31(55-19(7)43)28(25)52-16(4)40/h22-36H,10-12H2,1-9H3. The lowest BCUT2D eigenvalue weighted by Gasteiger charge is -2.46. The molecule has 15 atom stereocenters. The Morgan fingerprint density at radius 3 is 0.633 bits per heavy atom. The van der Waals surface area contributed by atoms with Crippen LogP contribution in [0.25, 0.3) is 0 Å². The minimum Gasteiger partial charge on any atom is -0.456 e. The maximum absolute atomic E-state index is 12.5. The third-order valence-electron chi connectivity index (χ3n) is 8.77. The van der Waals surface area contributed by atoms with Gasteiger partial charge in [-0.25, -0.2) is 0 Å². The normalized spacial score (nSPS) is 35.2. The quantitative estimate of drug-likeness (QED) is 0.190. The fourth-order valence-electron chi connectivity index (χ4n) is 6.94. The van der Waals surface area contributed by atoms with E-state index in [1.807, 2.05) is 0 Å². The SMILES string of the molecule is CC(=O)OC1C2COC3OC(COC4OC(COC(O2)C(OC(C)=O)C1OC(C)=O)C(OC(C)=O)C(OC(C)=O)C4OC(C)=O)C(OC(C)=O)C(OC(C)=O)C3OC(C)=O. The molecule has 4 saturated heterocycles. The van der Waals surface area contributed by atoms with Gasteiger partial charge in [0.2, 0.25) is 0 Å². The molecule has 60 heavy (non-hydrogen) atoms. The molecule has 0 saturated carbocycles. The Bertz CT molecular complexity index is 1350. The molecule has 4 rings (SSSR count). The minimum absolute atomic E-state index is 0.689. The van der Waals surface area contributed by atoms with Gasteiger partial charge < -0.3 is 71.1 Å². The van der Waals surface area contributed by atoms with Crippen molar-refractivity contribution in [3.05, 3.63) is 0 Å². The van der Waals surface area contributed by atoms with Crippen LogP contribution in [0.4, 0.5) is 0 Å². The molecule has 15 unspecified atom stereocenters. The highest BCUT2D eigenvalue weighted by Crippen LogP contribution is 2.36. The second-order valence-corrected chi connectivity index (χ2v) is 13.8. The second kappa shape index (κ2) is 21.0. The zero-order valence-electron chi connectivity index (χ0n) is 34.1. The second-order valence-electron chi connectivity index (χ2n) is 13.8. The highest BCUT2D eigenvalue weighted by molar-refractivity contribution is 5.70. The lowest BCUT2D eigenvalue weighted by atomic mass is 9.97. The van der Waals surface area contributed by atoms with Gasteiger partial charge in [-0.05, 0) is 0 Å². The molecule has 0 aromatic rings. The number of hydrogen-bond acceptors (Lipinski definition) is 24. The van der Waals surface area contributed by atoms with Crippen molar-refractivity contribution in [1.82, 2.24) is 0 Å². The fraction of sp³-hybridized carbons (Fsp3) is 0.750. The van der Waals surface area contributed by atoms with Crippen molar-refractivity contribution >= 4 is 53.7 Å². The molecule has 4 aliphatic heterocycles. The lowest BCUT2D eigenvalue weighted by Crippen LogP contribution is -2.65. The van der Waals surface area contributed by atoms with Crippen molar-refractivity contribution in [2.45, 2.75) is 154 Å². The van der Waals surface area contributed by atoms with Gasteiger partial charge in [0, 0.05) is 62.3 Å². The van der Waals surface area contributed by atoms with Crippen LogP contribution in [0.2, 0.25) is 0 Å². The molecule has 24 nitrogen and oxygen atoms in total. The molecule has 0 aliphatic carbocycles. The minimum atomic E-state index is -1.76. The lowest BCUT2D eigenvalue weighted by molar-refractivity contribution is -0.335. The van der Waals surface area contributed by atoms with Gasteiger partial charge >= 0.3 is 53.7 Å². The van der Waals surface area contributed by atoms with E-state index in [0.717, 1.165) is 62.3 Å². The van der Waals surface area contributed by atoms with E-state index in [0.29, 0.717) is 0 Å². The Labute approximate surface area is 342 Å². The summed E-state index contributed by atoms with van der Waals surface area (Å²) in [6.45, 7) is 7.13. The van der Waals surface area contributed by atoms with E-state index in [2.05, 4.69) is 0 Å². The van der Waals surface area contributed by atoms with Crippen LogP contribution in [0.15, 0.2) is 0 Å². The van der Waals surface area contributed by atoms with Gasteiger partial charge in [0.1, 0.15) is 18.3 Å². The van der Waals surface area contributed by atoms with Gasteiger partial charge in [0.05, 0.1) is 19.8 Å². The molecule has 0 radical (unpaired) electrons. The summed E-state index contributed by atoms with van der Waals surface area (Å²) in [6.07, 6.45) is -24.7. The molecule has 0 spiro atoms. The summed E-state index contributed by atoms with van der Waals surface area (Å²) in [7, 11) is 0. The number of fused-ring (bicyclic) bond motifs is 6. The van der Waals surface area contributed by atoms with Gasteiger partial charge in [-0.3, -0.25) is 43.2 Å². The Morgan fingerprint density at radius 2 is 0.450 bits per heavy atom. The molecule has 4 aliphatic rings. The molecular formula is C36H48O24. The predicted octanol–water partition coefficient (Wildman–Crippen LogP) is -1.39. The summed E-state index contributed by atoms with van der Waals surface area (Å²) in [5.74, 6) is -8.31. The topological polar surface area (TPSA) is 292 Å². The summed E-state index contributed by atoms with van der Waals surface area (Å²) < 4.78 is 86.5. The number of carbonyl (C=O) groups is 9. The molecule has 6 bridgehead atoms. The van der Waals surface area contributed by atoms with Crippen LogP contribution in [0, 0.1) is 0 Å². The number of ether oxygens (including phenoxy) is 15. The van der Waals surface area contributed by atoms with Gasteiger partial charge in [-0.2, -0.15) is 0 Å². The Hall–Kier alpha value is -5.01. The number of esters is 9. The van der Waals surface area contributed by atoms with Crippen molar-refractivity contribution < 1.29 is 114 Å². The van der Waals surface area contributed by atoms with Crippen LogP contribution >= 0.6 is 0 Å². The maximum Gasteiger partial charge on any atom is 0.303 e. The van der Waals surface area contributed by atoms with Crippen LogP contribution in [0.5, 0.6) is 0 Å². The Balaban J connectivity index is 1.95. The summed E-state index contributed by atoms with van der Waals surface area (Å²) >= 11 is 0. The first-order chi connectivity index (χ1) is 28.1. The molecule has 0 amide bonds. The molecule has 0 aromatic heterocycles. The van der Waals surface area contributed by atoms with E-state index in [9.17, 15) is 43.2 Å². The van der Waals surface area contributed by atoms with E-state index in [4.69, 9.17) is 71.1 Å². The van der Waals surface area contributed by atoms with E-state index in [1.54, 1.807) is 0 Å². The first kappa shape index (κ1) is 47.7. The Kier molecular flexibility index (Phi) is 16.7. The molecule has 0 aromatic carbocycles. The van der Waals surface area contributed by atoms with Gasteiger partial charge in [-0.15, -0.1) is 0 Å². The number of carbonyl (C=O) groups excluding carboxylic acids is 9. The summed E-state index contributed by atoms with van der Waals surface area (Å²) in [6, 6.07) is 0. The van der Waals surface area contributed by atoms with Crippen LogP contribution < -0.4 is 0 Å². The largest absolute Gasteiger partial charge is 0.456 e. The number of rotatable bonds is 9. The highest BCUT2D eigenvalue weighted by Gasteiger charge is 2.58. The fourth-order valence-corrected chi connectivity index (χ4v) is 6.94. The maximum atomic E-state index is 12.5.